The first kappa shape index (κ1) is 84.8. The third-order valence-corrected chi connectivity index (χ3v) is 18.3. The van der Waals surface area contributed by atoms with E-state index in [2.05, 4.69) is 85.9 Å². The van der Waals surface area contributed by atoms with E-state index in [-0.39, 0.29) is 25.7 Å². The minimum Gasteiger partial charge on any atom is -0.492 e. The van der Waals surface area contributed by atoms with E-state index in [9.17, 15) is 19.2 Å². The van der Waals surface area contributed by atoms with Crippen molar-refractivity contribution in [2.75, 3.05) is 91.2 Å². The van der Waals surface area contributed by atoms with E-state index in [0.717, 1.165) is 116 Å². The number of hydrogen-bond donors (Lipinski definition) is 4. The van der Waals surface area contributed by atoms with Crippen molar-refractivity contribution in [3.05, 3.63) is 308 Å². The van der Waals surface area contributed by atoms with Crippen LogP contribution in [0.15, 0.2) is 285 Å². The molecule has 0 saturated carbocycles. The van der Waals surface area contributed by atoms with Crippen molar-refractivity contribution in [3.63, 3.8) is 0 Å². The van der Waals surface area contributed by atoms with Crippen LogP contribution in [0.4, 0.5) is 51.2 Å². The first-order valence-electron chi connectivity index (χ1n) is 37.8. The monoisotopic (exact) mass is 1560 g/mol. The van der Waals surface area contributed by atoms with Crippen molar-refractivity contribution >= 4 is 86.4 Å². The summed E-state index contributed by atoms with van der Waals surface area (Å²) in [5.74, 6) is 2.49. The van der Waals surface area contributed by atoms with E-state index in [1.807, 2.05) is 218 Å². The molecule has 5 heterocycles. The lowest BCUT2D eigenvalue weighted by Gasteiger charge is -2.24. The van der Waals surface area contributed by atoms with E-state index in [1.165, 1.54) is 0 Å². The zero-order chi connectivity index (χ0) is 80.2. The molecule has 5 aromatic heterocycles. The third-order valence-electron chi connectivity index (χ3n) is 17.5. The van der Waals surface area contributed by atoms with Crippen LogP contribution in [0.5, 0.6) is 23.0 Å². The molecule has 0 aliphatic carbocycles. The van der Waals surface area contributed by atoms with Crippen molar-refractivity contribution in [2.24, 2.45) is 0 Å². The Balaban J connectivity index is 0.000000174. The van der Waals surface area contributed by atoms with Crippen LogP contribution >= 0.6 is 11.3 Å². The van der Waals surface area contributed by atoms with Gasteiger partial charge in [-0.15, -0.1) is 11.3 Å². The summed E-state index contributed by atoms with van der Waals surface area (Å²) in [5.41, 5.74) is 9.71. The number of nitrogens with zero attached hydrogens (tertiary/aromatic N) is 11. The summed E-state index contributed by atoms with van der Waals surface area (Å²) in [4.78, 5) is 79.1. The number of aliphatic carboxylic acids is 4. The fourth-order valence-corrected chi connectivity index (χ4v) is 12.4. The van der Waals surface area contributed by atoms with Gasteiger partial charge in [0.05, 0.1) is 38.1 Å². The van der Waals surface area contributed by atoms with Crippen LogP contribution in [0.1, 0.15) is 73.6 Å². The second kappa shape index (κ2) is 47.8. The molecule has 0 unspecified atom stereocenters. The maximum absolute atomic E-state index is 10.6. The molecule has 4 N–H and O–H groups in total. The van der Waals surface area contributed by atoms with Gasteiger partial charge in [-0.3, -0.25) is 24.2 Å². The van der Waals surface area contributed by atoms with Gasteiger partial charge >= 0.3 is 23.9 Å². The molecule has 0 aliphatic rings. The molecule has 7 aromatic carbocycles. The molecule has 0 amide bonds. The van der Waals surface area contributed by atoms with Crippen LogP contribution in [-0.4, -0.2) is 141 Å². The highest BCUT2D eigenvalue weighted by Crippen LogP contribution is 2.30. The summed E-state index contributed by atoms with van der Waals surface area (Å²) in [7, 11) is 4.05. The molecule has 12 rings (SSSR count). The Hall–Kier alpha value is -13.2. The van der Waals surface area contributed by atoms with Gasteiger partial charge in [-0.25, -0.2) is 24.9 Å². The van der Waals surface area contributed by atoms with Crippen LogP contribution in [0.25, 0.3) is 0 Å². The molecular formula is C90H97N11O12S. The zero-order valence-electron chi connectivity index (χ0n) is 64.2. The number of aryl methyl sites for hydroxylation is 4. The second-order valence-electron chi connectivity index (χ2n) is 26.1. The van der Waals surface area contributed by atoms with E-state index >= 15 is 0 Å². The lowest BCUT2D eigenvalue weighted by molar-refractivity contribution is -0.138. The fraction of sp³-hybridized carbons (Fsp3) is 0.244. The van der Waals surface area contributed by atoms with Crippen molar-refractivity contribution < 1.29 is 58.6 Å². The largest absolute Gasteiger partial charge is 0.492 e. The average Bonchev–Trinajstić information content (AvgIpc) is 1.31. The lowest BCUT2D eigenvalue weighted by Crippen LogP contribution is -2.25. The number of carboxylic acid groups (broad SMARTS) is 4. The van der Waals surface area contributed by atoms with Gasteiger partial charge in [0.2, 0.25) is 5.95 Å². The van der Waals surface area contributed by atoms with Gasteiger partial charge in [-0.1, -0.05) is 97.1 Å². The van der Waals surface area contributed by atoms with Gasteiger partial charge in [0.1, 0.15) is 61.1 Å². The number of benzene rings is 7. The highest BCUT2D eigenvalue weighted by molar-refractivity contribution is 7.13. The van der Waals surface area contributed by atoms with Crippen LogP contribution in [0.2, 0.25) is 0 Å². The summed E-state index contributed by atoms with van der Waals surface area (Å²) in [6.07, 6.45) is 18.7. The van der Waals surface area contributed by atoms with Gasteiger partial charge in [-0.05, 0) is 213 Å². The highest BCUT2D eigenvalue weighted by Gasteiger charge is 2.17. The summed E-state index contributed by atoms with van der Waals surface area (Å²) < 4.78 is 23.6. The summed E-state index contributed by atoms with van der Waals surface area (Å²) in [6.45, 7) is 4.58. The van der Waals surface area contributed by atoms with E-state index in [0.29, 0.717) is 84.2 Å². The molecule has 23 nitrogen and oxygen atoms in total. The molecule has 0 bridgehead atoms. The lowest BCUT2D eigenvalue weighted by atomic mass is 10.1. The number of carbonyl (C=O) groups is 4. The topological polar surface area (TPSA) is 280 Å². The van der Waals surface area contributed by atoms with Gasteiger partial charge < -0.3 is 63.9 Å². The number of para-hydroxylation sites is 2. The number of anilines is 9. The molecule has 0 radical (unpaired) electrons. The summed E-state index contributed by atoms with van der Waals surface area (Å²) >= 11 is 1.60. The second-order valence-corrected chi connectivity index (χ2v) is 27.0. The number of hydrogen-bond acceptors (Lipinski definition) is 20. The number of aromatic nitrogens is 6. The predicted octanol–water partition coefficient (Wildman–Crippen LogP) is 17.7. The molecule has 0 aliphatic heterocycles. The van der Waals surface area contributed by atoms with Crippen LogP contribution < -0.4 is 43.4 Å². The van der Waals surface area contributed by atoms with Crippen LogP contribution in [0, 0.1) is 0 Å². The number of pyridine rings is 3. The Bertz CT molecular complexity index is 4450. The zero-order valence-corrected chi connectivity index (χ0v) is 65.0. The maximum Gasteiger partial charge on any atom is 0.303 e. The predicted molar refractivity (Wildman–Crippen MR) is 449 cm³/mol. The van der Waals surface area contributed by atoms with Crippen molar-refractivity contribution in [1.29, 1.82) is 0 Å². The quantitative estimate of drug-likeness (QED) is 0.0277. The SMILES string of the molecule is CN(C)c1ccc(N(CCOc2ccc(CCCC(=O)O)cc2)c2ccccn2)cc1.O=C(O)CCCc1ccc(OCCN(c2ccccc2)c2ncccn2)cc1.O=C(O)CCCc1ccc(OCCN(c2ccccc2)c2nccs2)cc1.O=C(O)CCCc1ccc(OCCN(c2cccnc2)c2ccccn2)cc1. The van der Waals surface area contributed by atoms with Crippen molar-refractivity contribution in [2.45, 2.75) is 77.0 Å². The van der Waals surface area contributed by atoms with Crippen molar-refractivity contribution in [3.8, 4) is 23.0 Å². The van der Waals surface area contributed by atoms with E-state index in [1.54, 1.807) is 60.8 Å². The minimum absolute atomic E-state index is 0.190. The molecule has 590 valence electrons. The maximum atomic E-state index is 10.6. The van der Waals surface area contributed by atoms with Crippen LogP contribution in [-0.2, 0) is 44.9 Å². The van der Waals surface area contributed by atoms with Gasteiger partial charge in [-0.2, -0.15) is 0 Å². The fourth-order valence-electron chi connectivity index (χ4n) is 11.7. The highest BCUT2D eigenvalue weighted by atomic mass is 32.1. The van der Waals surface area contributed by atoms with Gasteiger partial charge in [0, 0.05) is 105 Å². The minimum atomic E-state index is -0.759. The number of thiazole rings is 1. The van der Waals surface area contributed by atoms with Crippen molar-refractivity contribution in [1.82, 2.24) is 29.9 Å². The molecule has 0 spiro atoms. The molecule has 0 atom stereocenters. The summed E-state index contributed by atoms with van der Waals surface area (Å²) in [6, 6.07) is 77.2. The third kappa shape index (κ3) is 30.6. The van der Waals surface area contributed by atoms with Crippen LogP contribution in [0.3, 0.4) is 0 Å². The molecule has 0 fully saturated rings. The smallest absolute Gasteiger partial charge is 0.303 e. The summed E-state index contributed by atoms with van der Waals surface area (Å²) in [5, 5.41) is 37.8. The first-order chi connectivity index (χ1) is 55.7. The first-order valence-corrected chi connectivity index (χ1v) is 38.7. The molecule has 0 saturated heterocycles. The Labute approximate surface area is 670 Å². The Morgan fingerprint density at radius 3 is 1.02 bits per heavy atom. The van der Waals surface area contributed by atoms with Gasteiger partial charge in [0.15, 0.2) is 5.13 Å². The number of ether oxygens (including phenoxy) is 4. The molecule has 12 aromatic rings. The molecular weight excluding hydrogens is 1460 g/mol. The average molecular weight is 1560 g/mol. The van der Waals surface area contributed by atoms with Gasteiger partial charge in [0.25, 0.3) is 0 Å². The molecule has 24 heteroatoms. The molecule has 114 heavy (non-hydrogen) atoms. The standard InChI is InChI=1S/C25H29N3O3.2C22H23N3O3.C21H22N2O3S/c1-27(2)21-11-13-22(14-12-21)28(24-7-3-4-17-26-24)18-19-31-23-15-9-20(10-16-23)6-5-8-25(29)30;26-22(27)8-3-5-18-9-11-20(12-10-18)28-16-15-25(19-6-4-13-23-17-19)21-7-1-2-14-24-21;26-21(27)9-4-6-18-10-12-20(13-11-18)28-17-16-25(19-7-2-1-3-8-19)22-23-14-5-15-24-22;24-20(25)8-4-5-17-9-11-19(12-10-17)26-15-14-23(21-22-13-16-27-21)18-6-2-1-3-7-18/h3-4,7,9-17H,5-6,8,18-19H2,1-2H3,(H,29,30);1-2,4,6-7,9-14,17H,3,5,8,15-16H2,(H,26,27);1-3,5,7-8,10-15H,4,6,9,16-17H2,(H,26,27);1-3,6-7,9-13,16H,4-5,8,14-15H2,(H,24,25). The van der Waals surface area contributed by atoms with E-state index < -0.39 is 23.9 Å². The Morgan fingerprint density at radius 2 is 0.667 bits per heavy atom. The normalized spacial score (nSPS) is 10.5. The Kier molecular flexibility index (Phi) is 35.5. The Morgan fingerprint density at radius 1 is 0.325 bits per heavy atom. The number of carboxylic acids is 4. The van der Waals surface area contributed by atoms with E-state index in [4.69, 9.17) is 39.4 Å². The number of rotatable bonds is 41.